The first-order valence-electron chi connectivity index (χ1n) is 6.37. The van der Waals surface area contributed by atoms with Crippen molar-refractivity contribution < 1.29 is 14.3 Å². The number of amides is 1. The lowest BCUT2D eigenvalue weighted by Crippen LogP contribution is -2.31. The topological polar surface area (TPSA) is 100 Å². The number of carbonyl (C=O) groups is 1. The number of pyridine rings is 1. The minimum atomic E-state index is -0.570. The van der Waals surface area contributed by atoms with Gasteiger partial charge in [0.05, 0.1) is 7.11 Å². The van der Waals surface area contributed by atoms with E-state index in [9.17, 15) is 4.79 Å². The van der Waals surface area contributed by atoms with Crippen molar-refractivity contribution in [2.24, 2.45) is 11.5 Å². The summed E-state index contributed by atoms with van der Waals surface area (Å²) in [5.41, 5.74) is 11.3. The molecule has 0 bridgehead atoms. The van der Waals surface area contributed by atoms with Crippen molar-refractivity contribution in [3.8, 4) is 11.8 Å². The van der Waals surface area contributed by atoms with Crippen molar-refractivity contribution in [2.45, 2.75) is 37.8 Å². The van der Waals surface area contributed by atoms with Crippen molar-refractivity contribution in [1.29, 1.82) is 0 Å². The Balaban J connectivity index is 2.07. The minimum Gasteiger partial charge on any atom is -0.480 e. The molecule has 1 aliphatic rings. The maximum absolute atomic E-state index is 11.2. The van der Waals surface area contributed by atoms with Crippen LogP contribution in [0.25, 0.3) is 0 Å². The summed E-state index contributed by atoms with van der Waals surface area (Å²) in [6.45, 7) is 0. The smallest absolute Gasteiger partial charge is 0.254 e. The van der Waals surface area contributed by atoms with Crippen LogP contribution in [0.15, 0.2) is 12.1 Å². The van der Waals surface area contributed by atoms with Gasteiger partial charge in [-0.25, -0.2) is 0 Å². The lowest BCUT2D eigenvalue weighted by Gasteiger charge is -2.26. The summed E-state index contributed by atoms with van der Waals surface area (Å²) in [4.78, 5) is 15.3. The molecular weight excluding hydrogens is 246 g/mol. The first kappa shape index (κ1) is 13.6. The SMILES string of the molecule is COc1nc(OC2CCC(N)CC2)ccc1C(N)=O. The van der Waals surface area contributed by atoms with E-state index in [2.05, 4.69) is 4.98 Å². The molecule has 1 fully saturated rings. The highest BCUT2D eigenvalue weighted by Gasteiger charge is 2.21. The van der Waals surface area contributed by atoms with Crippen molar-refractivity contribution in [1.82, 2.24) is 4.98 Å². The molecule has 6 nitrogen and oxygen atoms in total. The quantitative estimate of drug-likeness (QED) is 0.840. The second-order valence-corrected chi connectivity index (χ2v) is 4.73. The van der Waals surface area contributed by atoms with Gasteiger partial charge in [-0.2, -0.15) is 4.98 Å². The molecule has 104 valence electrons. The third-order valence-electron chi connectivity index (χ3n) is 3.30. The van der Waals surface area contributed by atoms with Crippen molar-refractivity contribution in [3.05, 3.63) is 17.7 Å². The van der Waals surface area contributed by atoms with Crippen LogP contribution >= 0.6 is 0 Å². The molecule has 1 amide bonds. The number of hydrogen-bond donors (Lipinski definition) is 2. The van der Waals surface area contributed by atoms with Gasteiger partial charge in [0.25, 0.3) is 5.91 Å². The lowest BCUT2D eigenvalue weighted by molar-refractivity contribution is 0.0996. The van der Waals surface area contributed by atoms with Crippen LogP contribution in [0.4, 0.5) is 0 Å². The van der Waals surface area contributed by atoms with Gasteiger partial charge in [-0.15, -0.1) is 0 Å². The molecule has 6 heteroatoms. The highest BCUT2D eigenvalue weighted by atomic mass is 16.5. The molecule has 1 aromatic rings. The minimum absolute atomic E-state index is 0.122. The molecule has 1 saturated carbocycles. The summed E-state index contributed by atoms with van der Waals surface area (Å²) in [6, 6.07) is 3.48. The maximum atomic E-state index is 11.2. The molecule has 1 aromatic heterocycles. The number of hydrogen-bond acceptors (Lipinski definition) is 5. The largest absolute Gasteiger partial charge is 0.480 e. The Kier molecular flexibility index (Phi) is 4.21. The highest BCUT2D eigenvalue weighted by Crippen LogP contribution is 2.24. The Labute approximate surface area is 112 Å². The molecule has 0 saturated heterocycles. The normalized spacial score (nSPS) is 22.8. The summed E-state index contributed by atoms with van der Waals surface area (Å²) in [5.74, 6) is 0.0689. The van der Waals surface area contributed by atoms with Gasteiger partial charge >= 0.3 is 0 Å². The fraction of sp³-hybridized carbons (Fsp3) is 0.538. The fourth-order valence-electron chi connectivity index (χ4n) is 2.21. The lowest BCUT2D eigenvalue weighted by atomic mass is 9.94. The fourth-order valence-corrected chi connectivity index (χ4v) is 2.21. The molecule has 1 aliphatic carbocycles. The predicted octanol–water partition coefficient (Wildman–Crippen LogP) is 0.838. The number of nitrogens with zero attached hydrogens (tertiary/aromatic N) is 1. The average molecular weight is 265 g/mol. The van der Waals surface area contributed by atoms with Crippen LogP contribution in [0.2, 0.25) is 0 Å². The van der Waals surface area contributed by atoms with Crippen LogP contribution in [-0.2, 0) is 0 Å². The van der Waals surface area contributed by atoms with Crippen molar-refractivity contribution in [3.63, 3.8) is 0 Å². The molecule has 0 unspecified atom stereocenters. The number of rotatable bonds is 4. The van der Waals surface area contributed by atoms with E-state index in [-0.39, 0.29) is 23.6 Å². The van der Waals surface area contributed by atoms with Crippen LogP contribution in [-0.4, -0.2) is 30.1 Å². The first-order valence-corrected chi connectivity index (χ1v) is 6.37. The van der Waals surface area contributed by atoms with Crippen LogP contribution in [0.1, 0.15) is 36.0 Å². The zero-order valence-corrected chi connectivity index (χ0v) is 11.0. The number of carbonyl (C=O) groups excluding carboxylic acids is 1. The Morgan fingerprint density at radius 3 is 2.58 bits per heavy atom. The van der Waals surface area contributed by atoms with Gasteiger partial charge in [0, 0.05) is 12.1 Å². The Bertz CT molecular complexity index is 456. The van der Waals surface area contributed by atoms with Crippen molar-refractivity contribution >= 4 is 5.91 Å². The number of nitrogens with two attached hydrogens (primary N) is 2. The molecule has 1 heterocycles. The summed E-state index contributed by atoms with van der Waals surface area (Å²) in [6.07, 6.45) is 3.88. The molecule has 0 aliphatic heterocycles. The maximum Gasteiger partial charge on any atom is 0.254 e. The van der Waals surface area contributed by atoms with E-state index in [1.54, 1.807) is 12.1 Å². The van der Waals surface area contributed by atoms with E-state index in [4.69, 9.17) is 20.9 Å². The third-order valence-corrected chi connectivity index (χ3v) is 3.30. The first-order chi connectivity index (χ1) is 9.10. The van der Waals surface area contributed by atoms with Gasteiger partial charge < -0.3 is 20.9 Å². The summed E-state index contributed by atoms with van der Waals surface area (Å²) < 4.78 is 10.8. The number of methoxy groups -OCH3 is 1. The van der Waals surface area contributed by atoms with E-state index in [1.807, 2.05) is 0 Å². The van der Waals surface area contributed by atoms with E-state index in [1.165, 1.54) is 7.11 Å². The second kappa shape index (κ2) is 5.88. The Morgan fingerprint density at radius 1 is 1.32 bits per heavy atom. The number of aromatic nitrogens is 1. The summed E-state index contributed by atoms with van der Waals surface area (Å²) in [5, 5.41) is 0. The van der Waals surface area contributed by atoms with Crippen molar-refractivity contribution in [2.75, 3.05) is 7.11 Å². The monoisotopic (exact) mass is 265 g/mol. The van der Waals surface area contributed by atoms with E-state index >= 15 is 0 Å². The van der Waals surface area contributed by atoms with E-state index in [0.717, 1.165) is 25.7 Å². The molecule has 2 rings (SSSR count). The predicted molar refractivity (Wildman–Crippen MR) is 70.2 cm³/mol. The summed E-state index contributed by atoms with van der Waals surface area (Å²) in [7, 11) is 1.44. The number of ether oxygens (including phenoxy) is 2. The second-order valence-electron chi connectivity index (χ2n) is 4.73. The molecule has 19 heavy (non-hydrogen) atoms. The van der Waals surface area contributed by atoms with Gasteiger partial charge in [-0.05, 0) is 31.7 Å². The molecule has 0 aromatic carbocycles. The Hall–Kier alpha value is -1.82. The van der Waals surface area contributed by atoms with Gasteiger partial charge in [-0.1, -0.05) is 0 Å². The van der Waals surface area contributed by atoms with E-state index in [0.29, 0.717) is 5.88 Å². The summed E-state index contributed by atoms with van der Waals surface area (Å²) >= 11 is 0. The van der Waals surface area contributed by atoms with Gasteiger partial charge in [0.1, 0.15) is 11.7 Å². The molecule has 0 atom stereocenters. The third kappa shape index (κ3) is 3.35. The number of primary amides is 1. The molecule has 0 radical (unpaired) electrons. The molecule has 4 N–H and O–H groups in total. The Morgan fingerprint density at radius 2 is 2.00 bits per heavy atom. The van der Waals surface area contributed by atoms with Gasteiger partial charge in [0.2, 0.25) is 11.8 Å². The highest BCUT2D eigenvalue weighted by molar-refractivity contribution is 5.95. The van der Waals surface area contributed by atoms with Gasteiger partial charge in [-0.3, -0.25) is 4.79 Å². The van der Waals surface area contributed by atoms with Gasteiger partial charge in [0.15, 0.2) is 0 Å². The van der Waals surface area contributed by atoms with Crippen LogP contribution in [0.5, 0.6) is 11.8 Å². The molecule has 0 spiro atoms. The zero-order chi connectivity index (χ0) is 13.8. The zero-order valence-electron chi connectivity index (χ0n) is 11.0. The van der Waals surface area contributed by atoms with Crippen LogP contribution in [0, 0.1) is 0 Å². The standard InChI is InChI=1S/C13H19N3O3/c1-18-13-10(12(15)17)6-7-11(16-13)19-9-4-2-8(14)3-5-9/h6-9H,2-5,14H2,1H3,(H2,15,17). The average Bonchev–Trinajstić information content (AvgIpc) is 2.41. The molecular formula is C13H19N3O3. The van der Waals surface area contributed by atoms with E-state index < -0.39 is 5.91 Å². The van der Waals surface area contributed by atoms with Crippen LogP contribution < -0.4 is 20.9 Å². The van der Waals surface area contributed by atoms with Crippen LogP contribution in [0.3, 0.4) is 0 Å².